The first kappa shape index (κ1) is 13.5. The van der Waals surface area contributed by atoms with Crippen LogP contribution in [-0.4, -0.2) is 63.3 Å². The molecule has 5 heteroatoms. The van der Waals surface area contributed by atoms with Crippen LogP contribution in [0.5, 0.6) is 0 Å². The molecule has 2 heterocycles. The van der Waals surface area contributed by atoms with E-state index in [2.05, 4.69) is 15.5 Å². The largest absolute Gasteiger partial charge is 0.379 e. The summed E-state index contributed by atoms with van der Waals surface area (Å²) in [5, 5.41) is 6.14. The van der Waals surface area contributed by atoms with Crippen molar-refractivity contribution in [1.82, 2.24) is 15.5 Å². The fourth-order valence-corrected chi connectivity index (χ4v) is 2.14. The maximum atomic E-state index is 11.8. The number of nitrogens with zero attached hydrogens (tertiary/aromatic N) is 1. The van der Waals surface area contributed by atoms with Gasteiger partial charge in [0, 0.05) is 38.3 Å². The number of nitrogens with one attached hydrogen (secondary N) is 2. The van der Waals surface area contributed by atoms with Gasteiger partial charge in [-0.05, 0) is 25.5 Å². The second kappa shape index (κ2) is 6.87. The zero-order valence-corrected chi connectivity index (χ0v) is 11.1. The fourth-order valence-electron chi connectivity index (χ4n) is 2.14. The zero-order valence-electron chi connectivity index (χ0n) is 11.1. The lowest BCUT2D eigenvalue weighted by Crippen LogP contribution is -2.39. The summed E-state index contributed by atoms with van der Waals surface area (Å²) in [4.78, 5) is 14.2. The van der Waals surface area contributed by atoms with Crippen LogP contribution < -0.4 is 10.6 Å². The summed E-state index contributed by atoms with van der Waals surface area (Å²) in [6.45, 7) is 9.16. The van der Waals surface area contributed by atoms with Crippen LogP contribution in [0.2, 0.25) is 0 Å². The molecule has 2 aliphatic rings. The summed E-state index contributed by atoms with van der Waals surface area (Å²) < 4.78 is 5.30. The number of hydrogen-bond acceptors (Lipinski definition) is 4. The highest BCUT2D eigenvalue weighted by atomic mass is 16.5. The fraction of sp³-hybridized carbons (Fsp3) is 0.769. The van der Waals surface area contributed by atoms with Gasteiger partial charge < -0.3 is 15.4 Å². The Hall–Kier alpha value is -0.910. The van der Waals surface area contributed by atoms with Gasteiger partial charge in [-0.15, -0.1) is 0 Å². The van der Waals surface area contributed by atoms with Crippen LogP contribution in [0.25, 0.3) is 0 Å². The highest BCUT2D eigenvalue weighted by molar-refractivity contribution is 5.93. The molecular formula is C13H23N3O2. The Bertz CT molecular complexity index is 316. The highest BCUT2D eigenvalue weighted by Gasteiger charge is 2.15. The van der Waals surface area contributed by atoms with Gasteiger partial charge in [0.2, 0.25) is 5.91 Å². The molecule has 1 amide bonds. The molecule has 2 rings (SSSR count). The number of morpholine rings is 1. The highest BCUT2D eigenvalue weighted by Crippen LogP contribution is 2.08. The molecule has 0 saturated carbocycles. The van der Waals surface area contributed by atoms with Gasteiger partial charge in [0.25, 0.3) is 0 Å². The van der Waals surface area contributed by atoms with Gasteiger partial charge in [0.15, 0.2) is 0 Å². The topological polar surface area (TPSA) is 53.6 Å². The van der Waals surface area contributed by atoms with Crippen LogP contribution in [-0.2, 0) is 9.53 Å². The molecule has 18 heavy (non-hydrogen) atoms. The Morgan fingerprint density at radius 1 is 1.39 bits per heavy atom. The Labute approximate surface area is 109 Å². The van der Waals surface area contributed by atoms with Crippen LogP contribution in [0.3, 0.4) is 0 Å². The third kappa shape index (κ3) is 3.80. The first-order valence-electron chi connectivity index (χ1n) is 6.75. The van der Waals surface area contributed by atoms with Crippen molar-refractivity contribution in [2.45, 2.75) is 13.3 Å². The molecule has 2 N–H and O–H groups in total. The summed E-state index contributed by atoms with van der Waals surface area (Å²) in [5.41, 5.74) is 2.13. The molecule has 2 fully saturated rings. The van der Waals surface area contributed by atoms with Gasteiger partial charge in [-0.2, -0.15) is 0 Å². The molecule has 2 saturated heterocycles. The molecule has 0 spiro atoms. The number of ether oxygens (including phenoxy) is 1. The van der Waals surface area contributed by atoms with Crippen LogP contribution in [0.1, 0.15) is 13.3 Å². The molecule has 0 atom stereocenters. The molecule has 0 bridgehead atoms. The van der Waals surface area contributed by atoms with Crippen LogP contribution in [0.4, 0.5) is 0 Å². The van der Waals surface area contributed by atoms with Crippen molar-refractivity contribution in [3.05, 3.63) is 11.1 Å². The van der Waals surface area contributed by atoms with Crippen molar-refractivity contribution in [2.75, 3.05) is 52.5 Å². The number of hydrogen-bond donors (Lipinski definition) is 2. The monoisotopic (exact) mass is 253 g/mol. The third-order valence-electron chi connectivity index (χ3n) is 3.59. The standard InChI is InChI=1S/C13H23N3O2/c1-11(12-9-14-10-12)13(17)15-3-2-4-16-5-7-18-8-6-16/h14H,2-10H2,1H3,(H,15,17). The van der Waals surface area contributed by atoms with Crippen LogP contribution in [0, 0.1) is 0 Å². The van der Waals surface area contributed by atoms with Gasteiger partial charge in [-0.1, -0.05) is 0 Å². The molecule has 0 aliphatic carbocycles. The first-order valence-corrected chi connectivity index (χ1v) is 6.75. The zero-order chi connectivity index (χ0) is 12.8. The second-order valence-electron chi connectivity index (χ2n) is 4.90. The predicted molar refractivity (Wildman–Crippen MR) is 70.5 cm³/mol. The van der Waals surface area contributed by atoms with E-state index in [9.17, 15) is 4.79 Å². The van der Waals surface area contributed by atoms with E-state index < -0.39 is 0 Å². The second-order valence-corrected chi connectivity index (χ2v) is 4.90. The van der Waals surface area contributed by atoms with Crippen molar-refractivity contribution in [1.29, 1.82) is 0 Å². The molecule has 0 aromatic rings. The minimum absolute atomic E-state index is 0.0912. The number of carbonyl (C=O) groups excluding carboxylic acids is 1. The van der Waals surface area contributed by atoms with E-state index in [1.807, 2.05) is 6.92 Å². The molecular weight excluding hydrogens is 230 g/mol. The van der Waals surface area contributed by atoms with Gasteiger partial charge in [-0.25, -0.2) is 0 Å². The average Bonchev–Trinajstić information content (AvgIpc) is 2.33. The van der Waals surface area contributed by atoms with Gasteiger partial charge >= 0.3 is 0 Å². The maximum Gasteiger partial charge on any atom is 0.246 e. The minimum atomic E-state index is 0.0912. The van der Waals surface area contributed by atoms with E-state index in [0.29, 0.717) is 0 Å². The van der Waals surface area contributed by atoms with Crippen molar-refractivity contribution in [3.8, 4) is 0 Å². The van der Waals surface area contributed by atoms with E-state index in [0.717, 1.165) is 64.5 Å². The summed E-state index contributed by atoms with van der Waals surface area (Å²) in [6, 6.07) is 0. The molecule has 0 radical (unpaired) electrons. The van der Waals surface area contributed by atoms with Crippen molar-refractivity contribution in [2.24, 2.45) is 0 Å². The van der Waals surface area contributed by atoms with Gasteiger partial charge in [0.05, 0.1) is 13.2 Å². The van der Waals surface area contributed by atoms with Crippen molar-refractivity contribution in [3.63, 3.8) is 0 Å². The lowest BCUT2D eigenvalue weighted by molar-refractivity contribution is -0.117. The van der Waals surface area contributed by atoms with Crippen molar-refractivity contribution >= 4 is 5.91 Å². The van der Waals surface area contributed by atoms with Gasteiger partial charge in [0.1, 0.15) is 0 Å². The number of carbonyl (C=O) groups is 1. The minimum Gasteiger partial charge on any atom is -0.379 e. The first-order chi connectivity index (χ1) is 8.77. The number of rotatable bonds is 5. The van der Waals surface area contributed by atoms with Crippen LogP contribution in [0.15, 0.2) is 11.1 Å². The predicted octanol–water partition coefficient (Wildman–Crippen LogP) is -0.255. The Morgan fingerprint density at radius 2 is 2.11 bits per heavy atom. The average molecular weight is 253 g/mol. The van der Waals surface area contributed by atoms with E-state index in [1.54, 1.807) is 0 Å². The third-order valence-corrected chi connectivity index (χ3v) is 3.59. The van der Waals surface area contributed by atoms with E-state index in [1.165, 1.54) is 5.57 Å². The number of amides is 1. The lowest BCUT2D eigenvalue weighted by atomic mass is 10.0. The SMILES string of the molecule is CC(C(=O)NCCCN1CCOCC1)=C1CNC1. The lowest BCUT2D eigenvalue weighted by Gasteiger charge is -2.26. The van der Waals surface area contributed by atoms with E-state index in [-0.39, 0.29) is 5.91 Å². The maximum absolute atomic E-state index is 11.8. The summed E-state index contributed by atoms with van der Waals surface area (Å²) in [6.07, 6.45) is 1.01. The Kier molecular flexibility index (Phi) is 5.16. The van der Waals surface area contributed by atoms with E-state index >= 15 is 0 Å². The summed E-state index contributed by atoms with van der Waals surface area (Å²) in [5.74, 6) is 0.0912. The molecule has 0 aromatic heterocycles. The molecule has 0 unspecified atom stereocenters. The summed E-state index contributed by atoms with van der Waals surface area (Å²) in [7, 11) is 0. The molecule has 0 aromatic carbocycles. The van der Waals surface area contributed by atoms with Crippen molar-refractivity contribution < 1.29 is 9.53 Å². The quantitative estimate of drug-likeness (QED) is 0.524. The molecule has 2 aliphatic heterocycles. The normalized spacial score (nSPS) is 20.4. The summed E-state index contributed by atoms with van der Waals surface area (Å²) >= 11 is 0. The Balaban J connectivity index is 1.58. The molecule has 102 valence electrons. The van der Waals surface area contributed by atoms with Gasteiger partial charge in [-0.3, -0.25) is 9.69 Å². The van der Waals surface area contributed by atoms with E-state index in [4.69, 9.17) is 4.74 Å². The van der Waals surface area contributed by atoms with Crippen LogP contribution >= 0.6 is 0 Å². The Morgan fingerprint density at radius 3 is 2.72 bits per heavy atom. The smallest absolute Gasteiger partial charge is 0.246 e. The molecule has 5 nitrogen and oxygen atoms in total.